The molecule has 90 valence electrons. The van der Waals surface area contributed by atoms with Gasteiger partial charge in [-0.3, -0.25) is 0 Å². The average molecular weight is 221 g/mol. The molecule has 0 saturated heterocycles. The third-order valence-corrected chi connectivity index (χ3v) is 2.74. The predicted octanol–water partition coefficient (Wildman–Crippen LogP) is 2.35. The summed E-state index contributed by atoms with van der Waals surface area (Å²) in [4.78, 5) is 8.58. The van der Waals surface area contributed by atoms with Crippen molar-refractivity contribution in [1.29, 1.82) is 0 Å². The van der Waals surface area contributed by atoms with Crippen LogP contribution in [0.4, 0.5) is 0 Å². The summed E-state index contributed by atoms with van der Waals surface area (Å²) in [5.41, 5.74) is 1.36. The lowest BCUT2D eigenvalue weighted by Crippen LogP contribution is -2.42. The lowest BCUT2D eigenvalue weighted by molar-refractivity contribution is 0.268. The molecule has 0 aliphatic heterocycles. The zero-order chi connectivity index (χ0) is 12.2. The number of nitrogens with zero attached hydrogens (tertiary/aromatic N) is 2. The maximum absolute atomic E-state index is 4.46. The highest BCUT2D eigenvalue weighted by atomic mass is 14.9. The van der Waals surface area contributed by atoms with Gasteiger partial charge in [0.05, 0.1) is 0 Å². The largest absolute Gasteiger partial charge is 0.313 e. The Morgan fingerprint density at radius 3 is 2.56 bits per heavy atom. The van der Waals surface area contributed by atoms with E-state index in [-0.39, 0.29) is 5.41 Å². The van der Waals surface area contributed by atoms with Crippen LogP contribution in [0.3, 0.4) is 0 Å². The second kappa shape index (κ2) is 5.39. The van der Waals surface area contributed by atoms with Crippen LogP contribution >= 0.6 is 0 Å². The van der Waals surface area contributed by atoms with Crippen molar-refractivity contribution in [2.75, 3.05) is 6.54 Å². The predicted molar refractivity (Wildman–Crippen MR) is 67.4 cm³/mol. The lowest BCUT2D eigenvalue weighted by Gasteiger charge is -2.31. The van der Waals surface area contributed by atoms with Gasteiger partial charge in [0.25, 0.3) is 0 Å². The van der Waals surface area contributed by atoms with E-state index in [0.717, 1.165) is 24.5 Å². The summed E-state index contributed by atoms with van der Waals surface area (Å²) in [6.45, 7) is 11.8. The Bertz CT molecular complexity index is 328. The molecule has 0 saturated carbocycles. The molecule has 3 heteroatoms. The molecule has 1 rings (SSSR count). The number of hydrogen-bond donors (Lipinski definition) is 1. The van der Waals surface area contributed by atoms with E-state index in [4.69, 9.17) is 0 Å². The van der Waals surface area contributed by atoms with E-state index in [9.17, 15) is 0 Å². The molecular formula is C13H23N3. The molecule has 1 aromatic rings. The van der Waals surface area contributed by atoms with Gasteiger partial charge in [-0.15, -0.1) is 0 Å². The SMILES string of the molecule is CCNC(Cc1ccnc(C)n1)C(C)(C)C. The summed E-state index contributed by atoms with van der Waals surface area (Å²) in [5.74, 6) is 0.849. The molecule has 16 heavy (non-hydrogen) atoms. The normalized spacial score (nSPS) is 13.8. The average Bonchev–Trinajstić information content (AvgIpc) is 2.16. The van der Waals surface area contributed by atoms with E-state index < -0.39 is 0 Å². The Hall–Kier alpha value is -0.960. The van der Waals surface area contributed by atoms with E-state index in [1.54, 1.807) is 0 Å². The van der Waals surface area contributed by atoms with Crippen molar-refractivity contribution in [2.24, 2.45) is 5.41 Å². The summed E-state index contributed by atoms with van der Waals surface area (Å²) in [7, 11) is 0. The Morgan fingerprint density at radius 2 is 2.06 bits per heavy atom. The molecule has 1 aromatic heterocycles. The fourth-order valence-corrected chi connectivity index (χ4v) is 1.76. The fourth-order valence-electron chi connectivity index (χ4n) is 1.76. The molecule has 1 atom stereocenters. The van der Waals surface area contributed by atoms with Gasteiger partial charge in [0, 0.05) is 24.4 Å². The first-order valence-corrected chi connectivity index (χ1v) is 5.95. The van der Waals surface area contributed by atoms with Crippen molar-refractivity contribution in [3.05, 3.63) is 23.8 Å². The Morgan fingerprint density at radius 1 is 1.38 bits per heavy atom. The maximum atomic E-state index is 4.46. The molecule has 0 aromatic carbocycles. The Kier molecular flexibility index (Phi) is 4.42. The van der Waals surface area contributed by atoms with Gasteiger partial charge in [-0.25, -0.2) is 9.97 Å². The number of aryl methyl sites for hydroxylation is 1. The number of likely N-dealkylation sites (N-methyl/N-ethyl adjacent to an activating group) is 1. The Labute approximate surface area is 98.7 Å². The first kappa shape index (κ1) is 13.1. The van der Waals surface area contributed by atoms with Crippen LogP contribution in [0.15, 0.2) is 12.3 Å². The monoisotopic (exact) mass is 221 g/mol. The molecule has 0 bridgehead atoms. The van der Waals surface area contributed by atoms with Crippen molar-refractivity contribution < 1.29 is 0 Å². The molecule has 0 aliphatic rings. The first-order valence-electron chi connectivity index (χ1n) is 5.95. The molecule has 1 heterocycles. The highest BCUT2D eigenvalue weighted by Crippen LogP contribution is 2.21. The van der Waals surface area contributed by atoms with Crippen LogP contribution in [0, 0.1) is 12.3 Å². The summed E-state index contributed by atoms with van der Waals surface area (Å²) >= 11 is 0. The number of aromatic nitrogens is 2. The van der Waals surface area contributed by atoms with Gasteiger partial charge >= 0.3 is 0 Å². The third-order valence-electron chi connectivity index (χ3n) is 2.74. The van der Waals surface area contributed by atoms with Crippen molar-refractivity contribution in [3.63, 3.8) is 0 Å². The van der Waals surface area contributed by atoms with Gasteiger partial charge in [-0.1, -0.05) is 27.7 Å². The number of hydrogen-bond acceptors (Lipinski definition) is 3. The van der Waals surface area contributed by atoms with Gasteiger partial charge in [0.15, 0.2) is 0 Å². The van der Waals surface area contributed by atoms with E-state index in [0.29, 0.717) is 6.04 Å². The van der Waals surface area contributed by atoms with Crippen molar-refractivity contribution in [2.45, 2.75) is 47.1 Å². The van der Waals surface area contributed by atoms with E-state index >= 15 is 0 Å². The summed E-state index contributed by atoms with van der Waals surface area (Å²) in [6, 6.07) is 2.45. The molecule has 1 unspecified atom stereocenters. The Balaban J connectivity index is 2.76. The zero-order valence-electron chi connectivity index (χ0n) is 11.0. The van der Waals surface area contributed by atoms with Crippen LogP contribution in [-0.2, 0) is 6.42 Å². The second-order valence-corrected chi connectivity index (χ2v) is 5.28. The van der Waals surface area contributed by atoms with Crippen molar-refractivity contribution in [1.82, 2.24) is 15.3 Å². The molecule has 0 amide bonds. The van der Waals surface area contributed by atoms with E-state index in [1.807, 2.05) is 19.2 Å². The van der Waals surface area contributed by atoms with Crippen LogP contribution < -0.4 is 5.32 Å². The maximum Gasteiger partial charge on any atom is 0.125 e. The minimum Gasteiger partial charge on any atom is -0.313 e. The summed E-state index contributed by atoms with van der Waals surface area (Å²) < 4.78 is 0. The zero-order valence-corrected chi connectivity index (χ0v) is 11.0. The van der Waals surface area contributed by atoms with Crippen LogP contribution in [0.5, 0.6) is 0 Å². The van der Waals surface area contributed by atoms with Gasteiger partial charge in [-0.2, -0.15) is 0 Å². The van der Waals surface area contributed by atoms with Crippen LogP contribution in [0.25, 0.3) is 0 Å². The summed E-state index contributed by atoms with van der Waals surface area (Å²) in [5, 5.41) is 3.53. The second-order valence-electron chi connectivity index (χ2n) is 5.28. The molecule has 0 fully saturated rings. The van der Waals surface area contributed by atoms with E-state index in [2.05, 4.69) is 43.0 Å². The smallest absolute Gasteiger partial charge is 0.125 e. The summed E-state index contributed by atoms with van der Waals surface area (Å²) in [6.07, 6.45) is 2.80. The number of nitrogens with one attached hydrogen (secondary N) is 1. The number of rotatable bonds is 4. The third kappa shape index (κ3) is 3.89. The fraction of sp³-hybridized carbons (Fsp3) is 0.692. The van der Waals surface area contributed by atoms with Crippen LogP contribution in [-0.4, -0.2) is 22.6 Å². The highest BCUT2D eigenvalue weighted by molar-refractivity contribution is 5.05. The van der Waals surface area contributed by atoms with Gasteiger partial charge in [-0.05, 0) is 24.9 Å². The van der Waals surface area contributed by atoms with Gasteiger partial charge < -0.3 is 5.32 Å². The van der Waals surface area contributed by atoms with Gasteiger partial charge in [0.2, 0.25) is 0 Å². The minimum atomic E-state index is 0.245. The quantitative estimate of drug-likeness (QED) is 0.848. The standard InChI is InChI=1S/C13H23N3/c1-6-14-12(13(3,4)5)9-11-7-8-15-10(2)16-11/h7-8,12,14H,6,9H2,1-5H3. The van der Waals surface area contributed by atoms with Crippen LogP contribution in [0.1, 0.15) is 39.2 Å². The first-order chi connectivity index (χ1) is 7.43. The molecule has 3 nitrogen and oxygen atoms in total. The topological polar surface area (TPSA) is 37.8 Å². The molecular weight excluding hydrogens is 198 g/mol. The highest BCUT2D eigenvalue weighted by Gasteiger charge is 2.24. The molecule has 0 spiro atoms. The van der Waals surface area contributed by atoms with Crippen LogP contribution in [0.2, 0.25) is 0 Å². The van der Waals surface area contributed by atoms with Crippen molar-refractivity contribution in [3.8, 4) is 0 Å². The van der Waals surface area contributed by atoms with E-state index in [1.165, 1.54) is 0 Å². The molecule has 1 N–H and O–H groups in total. The minimum absolute atomic E-state index is 0.245. The lowest BCUT2D eigenvalue weighted by atomic mass is 9.84. The van der Waals surface area contributed by atoms with Gasteiger partial charge in [0.1, 0.15) is 5.82 Å². The molecule has 0 aliphatic carbocycles. The molecule has 0 radical (unpaired) electrons. The van der Waals surface area contributed by atoms with Crippen molar-refractivity contribution >= 4 is 0 Å².